The number of sulfonamides is 1. The molecular weight excluding hydrogens is 503 g/mol. The Hall–Kier alpha value is -0.690. The van der Waals surface area contributed by atoms with Crippen LogP contribution in [0, 0.1) is 0 Å². The van der Waals surface area contributed by atoms with Crippen molar-refractivity contribution in [1.29, 1.82) is 0 Å². The van der Waals surface area contributed by atoms with Gasteiger partial charge in [0, 0.05) is 30.4 Å². The standard InChI is InChI=1S/C16H24N4O2S3.HI/c1-3-17-16(19-12-13(2)14-6-4-10-23-14)18-8-9-20-25(21,22)15-7-5-11-24-15;/h4-7,10-11,13,20H,3,8-9,12H2,1-2H3,(H2,17,18,19);1H. The summed E-state index contributed by atoms with van der Waals surface area (Å²) < 4.78 is 27.0. The maximum Gasteiger partial charge on any atom is 0.250 e. The van der Waals surface area contributed by atoms with Crippen LogP contribution >= 0.6 is 46.7 Å². The van der Waals surface area contributed by atoms with Gasteiger partial charge < -0.3 is 10.6 Å². The second-order valence-corrected chi connectivity index (χ2v) is 9.31. The highest BCUT2D eigenvalue weighted by atomic mass is 127. The molecule has 1 atom stereocenters. The molecule has 0 saturated carbocycles. The van der Waals surface area contributed by atoms with Gasteiger partial charge in [0.1, 0.15) is 4.21 Å². The number of nitrogens with one attached hydrogen (secondary N) is 3. The first-order chi connectivity index (χ1) is 12.0. The molecule has 0 aliphatic heterocycles. The van der Waals surface area contributed by atoms with Gasteiger partial charge in [-0.2, -0.15) is 0 Å². The smallest absolute Gasteiger partial charge is 0.250 e. The van der Waals surface area contributed by atoms with E-state index in [0.29, 0.717) is 35.7 Å². The summed E-state index contributed by atoms with van der Waals surface area (Å²) >= 11 is 2.94. The second-order valence-electron chi connectivity index (χ2n) is 5.39. The number of halogens is 1. The number of guanidine groups is 1. The monoisotopic (exact) mass is 528 g/mol. The number of thiophene rings is 2. The minimum Gasteiger partial charge on any atom is -0.357 e. The van der Waals surface area contributed by atoms with Crippen molar-refractivity contribution in [2.45, 2.75) is 24.0 Å². The number of nitrogens with zero attached hydrogens (tertiary/aromatic N) is 1. The Morgan fingerprint density at radius 3 is 2.50 bits per heavy atom. The highest BCUT2D eigenvalue weighted by Gasteiger charge is 2.13. The van der Waals surface area contributed by atoms with Crippen LogP contribution in [-0.2, 0) is 10.0 Å². The van der Waals surface area contributed by atoms with Crippen molar-refractivity contribution in [2.24, 2.45) is 4.99 Å². The van der Waals surface area contributed by atoms with E-state index in [0.717, 1.165) is 6.54 Å². The molecule has 1 unspecified atom stereocenters. The van der Waals surface area contributed by atoms with E-state index in [4.69, 9.17) is 0 Å². The summed E-state index contributed by atoms with van der Waals surface area (Å²) in [6.45, 7) is 6.33. The van der Waals surface area contributed by atoms with Gasteiger partial charge >= 0.3 is 0 Å². The van der Waals surface area contributed by atoms with Crippen LogP contribution in [0.2, 0.25) is 0 Å². The third kappa shape index (κ3) is 7.51. The van der Waals surface area contributed by atoms with E-state index in [1.165, 1.54) is 16.2 Å². The third-order valence-electron chi connectivity index (χ3n) is 3.37. The minimum absolute atomic E-state index is 0. The minimum atomic E-state index is -3.41. The molecule has 0 aromatic carbocycles. The maximum atomic E-state index is 12.0. The van der Waals surface area contributed by atoms with Crippen molar-refractivity contribution in [3.8, 4) is 0 Å². The lowest BCUT2D eigenvalue weighted by molar-refractivity contribution is 0.582. The van der Waals surface area contributed by atoms with Crippen LogP contribution in [0.4, 0.5) is 0 Å². The first-order valence-electron chi connectivity index (χ1n) is 8.11. The Labute approximate surface area is 180 Å². The van der Waals surface area contributed by atoms with Crippen LogP contribution in [-0.4, -0.2) is 40.6 Å². The number of rotatable bonds is 9. The Balaban J connectivity index is 0.00000338. The second kappa shape index (κ2) is 11.9. The van der Waals surface area contributed by atoms with E-state index < -0.39 is 10.0 Å². The Morgan fingerprint density at radius 2 is 1.88 bits per heavy atom. The molecule has 0 fully saturated rings. The van der Waals surface area contributed by atoms with Crippen LogP contribution in [0.25, 0.3) is 0 Å². The van der Waals surface area contributed by atoms with Crippen molar-refractivity contribution < 1.29 is 8.42 Å². The molecule has 0 radical (unpaired) electrons. The lowest BCUT2D eigenvalue weighted by Crippen LogP contribution is -2.41. The fourth-order valence-corrected chi connectivity index (χ4v) is 4.93. The molecule has 10 heteroatoms. The zero-order valence-corrected chi connectivity index (χ0v) is 19.5. The zero-order chi connectivity index (χ0) is 18.1. The van der Waals surface area contributed by atoms with Gasteiger partial charge in [0.25, 0.3) is 0 Å². The van der Waals surface area contributed by atoms with Crippen molar-refractivity contribution in [1.82, 2.24) is 15.4 Å². The highest BCUT2D eigenvalue weighted by molar-refractivity contribution is 14.0. The maximum absolute atomic E-state index is 12.0. The van der Waals surface area contributed by atoms with Crippen LogP contribution in [0.1, 0.15) is 24.6 Å². The quantitative estimate of drug-likeness (QED) is 0.202. The van der Waals surface area contributed by atoms with Gasteiger partial charge in [0.15, 0.2) is 5.96 Å². The van der Waals surface area contributed by atoms with E-state index >= 15 is 0 Å². The molecule has 0 aliphatic carbocycles. The summed E-state index contributed by atoms with van der Waals surface area (Å²) in [4.78, 5) is 5.89. The molecule has 0 saturated heterocycles. The molecule has 26 heavy (non-hydrogen) atoms. The molecule has 0 amide bonds. The van der Waals surface area contributed by atoms with Gasteiger partial charge in [-0.1, -0.05) is 19.1 Å². The number of hydrogen-bond donors (Lipinski definition) is 3. The normalized spacial score (nSPS) is 13.1. The first-order valence-corrected chi connectivity index (χ1v) is 11.4. The molecule has 0 aliphatic rings. The SMILES string of the molecule is CCNC(=NCC(C)c1cccs1)NCCNS(=O)(=O)c1cccs1.I. The molecule has 0 spiro atoms. The van der Waals surface area contributed by atoms with E-state index in [1.807, 2.05) is 13.0 Å². The molecule has 0 bridgehead atoms. The van der Waals surface area contributed by atoms with Crippen LogP contribution < -0.4 is 15.4 Å². The summed E-state index contributed by atoms with van der Waals surface area (Å²) in [7, 11) is -3.41. The first kappa shape index (κ1) is 23.3. The summed E-state index contributed by atoms with van der Waals surface area (Å²) in [5.74, 6) is 1.05. The van der Waals surface area contributed by atoms with Gasteiger partial charge in [0.2, 0.25) is 10.0 Å². The molecule has 2 heterocycles. The van der Waals surface area contributed by atoms with Crippen molar-refractivity contribution in [3.05, 3.63) is 39.9 Å². The molecule has 3 N–H and O–H groups in total. The average molecular weight is 529 g/mol. The Bertz CT molecular complexity index is 747. The summed E-state index contributed by atoms with van der Waals surface area (Å²) in [6.07, 6.45) is 0. The molecular formula is C16H25IN4O2S3. The molecule has 2 rings (SSSR count). The number of aliphatic imine (C=N–C) groups is 1. The third-order valence-corrected chi connectivity index (χ3v) is 7.33. The lowest BCUT2D eigenvalue weighted by atomic mass is 10.1. The molecule has 6 nitrogen and oxygen atoms in total. The van der Waals surface area contributed by atoms with Gasteiger partial charge in [-0.15, -0.1) is 46.7 Å². The summed E-state index contributed by atoms with van der Waals surface area (Å²) in [5, 5.41) is 10.1. The van der Waals surface area contributed by atoms with Gasteiger partial charge in [-0.25, -0.2) is 13.1 Å². The highest BCUT2D eigenvalue weighted by Crippen LogP contribution is 2.20. The molecule has 146 valence electrons. The fraction of sp³-hybridized carbons (Fsp3) is 0.438. The topological polar surface area (TPSA) is 82.6 Å². The molecule has 2 aromatic rings. The van der Waals surface area contributed by atoms with Gasteiger partial charge in [0.05, 0.1) is 6.54 Å². The average Bonchev–Trinajstić information content (AvgIpc) is 3.29. The van der Waals surface area contributed by atoms with E-state index in [9.17, 15) is 8.42 Å². The summed E-state index contributed by atoms with van der Waals surface area (Å²) in [5.41, 5.74) is 0. The van der Waals surface area contributed by atoms with Crippen LogP contribution in [0.3, 0.4) is 0 Å². The fourth-order valence-electron chi connectivity index (χ4n) is 2.09. The zero-order valence-electron chi connectivity index (χ0n) is 14.8. The largest absolute Gasteiger partial charge is 0.357 e. The predicted molar refractivity (Wildman–Crippen MR) is 122 cm³/mol. The summed E-state index contributed by atoms with van der Waals surface area (Å²) in [6, 6.07) is 7.48. The predicted octanol–water partition coefficient (Wildman–Crippen LogP) is 3.06. The van der Waals surface area contributed by atoms with Crippen LogP contribution in [0.15, 0.2) is 44.2 Å². The van der Waals surface area contributed by atoms with Gasteiger partial charge in [-0.05, 0) is 29.8 Å². The number of hydrogen-bond acceptors (Lipinski definition) is 5. The van der Waals surface area contributed by atoms with Crippen molar-refractivity contribution >= 4 is 62.6 Å². The van der Waals surface area contributed by atoms with Crippen LogP contribution in [0.5, 0.6) is 0 Å². The Morgan fingerprint density at radius 1 is 1.15 bits per heavy atom. The van der Waals surface area contributed by atoms with E-state index in [1.54, 1.807) is 28.8 Å². The van der Waals surface area contributed by atoms with E-state index in [2.05, 4.69) is 38.7 Å². The lowest BCUT2D eigenvalue weighted by Gasteiger charge is -2.13. The van der Waals surface area contributed by atoms with E-state index in [-0.39, 0.29) is 24.0 Å². The molecule has 2 aromatic heterocycles. The van der Waals surface area contributed by atoms with Gasteiger partial charge in [-0.3, -0.25) is 4.99 Å². The van der Waals surface area contributed by atoms with Crippen molar-refractivity contribution in [2.75, 3.05) is 26.2 Å². The van der Waals surface area contributed by atoms with Crippen molar-refractivity contribution in [3.63, 3.8) is 0 Å². The Kier molecular flexibility index (Phi) is 10.7.